The summed E-state index contributed by atoms with van der Waals surface area (Å²) in [4.78, 5) is 0. The molecule has 3 aliphatic rings. The van der Waals surface area contributed by atoms with Crippen molar-refractivity contribution in [2.45, 2.75) is 74.0 Å². The van der Waals surface area contributed by atoms with Crippen LogP contribution in [0.3, 0.4) is 0 Å². The van der Waals surface area contributed by atoms with E-state index >= 15 is 0 Å². The topological polar surface area (TPSA) is 0 Å². The summed E-state index contributed by atoms with van der Waals surface area (Å²) in [6, 6.07) is 45.8. The van der Waals surface area contributed by atoms with Gasteiger partial charge in [-0.05, 0) is 85.9 Å². The Hall–Kier alpha value is -2.37. The molecule has 0 amide bonds. The van der Waals surface area contributed by atoms with Gasteiger partial charge >= 0.3 is 7.25 Å². The second kappa shape index (κ2) is 21.2. The Labute approximate surface area is 312 Å². The first-order valence-corrected chi connectivity index (χ1v) is 21.1. The van der Waals surface area contributed by atoms with Gasteiger partial charge in [0, 0.05) is 42.1 Å². The van der Waals surface area contributed by atoms with E-state index in [2.05, 4.69) is 146 Å². The average molecular weight is 805 g/mol. The van der Waals surface area contributed by atoms with Crippen molar-refractivity contribution < 1.29 is 36.7 Å². The zero-order chi connectivity index (χ0) is 34.3. The Morgan fingerprint density at radius 2 is 0.600 bits per heavy atom. The molecule has 0 N–H and O–H groups in total. The van der Waals surface area contributed by atoms with Crippen LogP contribution in [0.5, 0.6) is 0 Å². The summed E-state index contributed by atoms with van der Waals surface area (Å²) < 4.78 is 39.0. The third-order valence-electron chi connectivity index (χ3n) is 9.72. The van der Waals surface area contributed by atoms with E-state index in [0.717, 1.165) is 22.6 Å². The number of hydrogen-bond donors (Lipinski definition) is 0. The summed E-state index contributed by atoms with van der Waals surface area (Å²) in [6.45, 7) is 0. The molecule has 8 heteroatoms. The van der Waals surface area contributed by atoms with E-state index in [4.69, 9.17) is 0 Å². The van der Waals surface area contributed by atoms with E-state index < -0.39 is 7.25 Å². The first kappa shape index (κ1) is 40.4. The minimum absolute atomic E-state index is 0. The fourth-order valence-electron chi connectivity index (χ4n) is 7.57. The van der Waals surface area contributed by atoms with Gasteiger partial charge in [-0.3, -0.25) is 0 Å². The smallest absolute Gasteiger partial charge is 0.418 e. The van der Waals surface area contributed by atoms with Crippen molar-refractivity contribution in [1.82, 2.24) is 0 Å². The quantitative estimate of drug-likeness (QED) is 0.0756. The predicted molar refractivity (Wildman–Crippen MR) is 206 cm³/mol. The summed E-state index contributed by atoms with van der Waals surface area (Å²) in [6.07, 6.45) is 22.2. The van der Waals surface area contributed by atoms with Gasteiger partial charge in [0.1, 0.15) is 0 Å². The van der Waals surface area contributed by atoms with Crippen LogP contribution in [0, 0.1) is 0 Å². The van der Waals surface area contributed by atoms with E-state index in [1.54, 1.807) is 22.3 Å². The molecular formula is C42H48BF4P2Rh-. The van der Waals surface area contributed by atoms with Crippen LogP contribution >= 0.6 is 15.8 Å². The Bertz CT molecular complexity index is 1330. The molecule has 0 bridgehead atoms. The van der Waals surface area contributed by atoms with Crippen LogP contribution < -0.4 is 0 Å². The fourth-order valence-corrected chi connectivity index (χ4v) is 15.7. The SMILES string of the molecule is C1=CCCC=CCC1.F[B-](F)(F)F.[Rh].c1ccc([C@H]2CC[C@H](c3ccccc3)P2CCP2[C@@H](c3ccccc3)CC[C@@H]2c2ccccc2)cc1. The standard InChI is InChI=1S/C34H36P2.C8H12.BF4.Rh/c1-5-13-27(14-6-1)31-21-22-32(28-15-7-2-8-16-28)35(31)25-26-36-33(29-17-9-3-10-18-29)23-24-34(36)30-19-11-4-12-20-30;1-2-4-6-8-7-5-3-1;2-1(3,4)5;/h1-20,31-34H,21-26H2;1-2,7-8H,3-6H2;;/q;;-1;/t31-,32-,33-,34-;;;/m1.../s1. The van der Waals surface area contributed by atoms with Crippen LogP contribution in [0.15, 0.2) is 146 Å². The number of benzene rings is 4. The van der Waals surface area contributed by atoms with Crippen LogP contribution in [-0.4, -0.2) is 19.6 Å². The monoisotopic (exact) mass is 804 g/mol. The second-order valence-corrected chi connectivity index (χ2v) is 18.4. The largest absolute Gasteiger partial charge is 0.673 e. The Kier molecular flexibility index (Phi) is 17.2. The molecule has 0 nitrogen and oxygen atoms in total. The summed E-state index contributed by atoms with van der Waals surface area (Å²) >= 11 is 0. The van der Waals surface area contributed by atoms with Crippen LogP contribution in [0.4, 0.5) is 17.3 Å². The molecule has 50 heavy (non-hydrogen) atoms. The minimum atomic E-state index is -6.00. The number of rotatable bonds is 7. The molecule has 0 unspecified atom stereocenters. The molecule has 4 atom stereocenters. The van der Waals surface area contributed by atoms with E-state index in [9.17, 15) is 17.3 Å². The molecule has 2 aliphatic heterocycles. The Balaban J connectivity index is 0.000000340. The molecule has 4 aromatic carbocycles. The molecule has 2 saturated heterocycles. The van der Waals surface area contributed by atoms with E-state index in [0.29, 0.717) is 0 Å². The van der Waals surface area contributed by atoms with E-state index in [-0.39, 0.29) is 35.3 Å². The van der Waals surface area contributed by atoms with Crippen molar-refractivity contribution in [2.24, 2.45) is 0 Å². The normalized spacial score (nSPS) is 22.2. The second-order valence-electron chi connectivity index (χ2n) is 12.9. The van der Waals surface area contributed by atoms with Crippen molar-refractivity contribution in [2.75, 3.05) is 12.3 Å². The number of halogens is 4. The van der Waals surface area contributed by atoms with Gasteiger partial charge in [0.2, 0.25) is 0 Å². The first-order valence-electron chi connectivity index (χ1n) is 17.8. The average Bonchev–Trinajstić information content (AvgIpc) is 3.73. The third kappa shape index (κ3) is 12.7. The van der Waals surface area contributed by atoms with Crippen LogP contribution in [-0.2, 0) is 19.5 Å². The molecular weight excluding hydrogens is 756 g/mol. The molecule has 7 rings (SSSR count). The molecule has 1 radical (unpaired) electrons. The van der Waals surface area contributed by atoms with Gasteiger partial charge in [-0.2, -0.15) is 0 Å². The third-order valence-corrected chi connectivity index (χ3v) is 17.0. The molecule has 1 aliphatic carbocycles. The van der Waals surface area contributed by atoms with Gasteiger partial charge in [-0.15, -0.1) is 0 Å². The van der Waals surface area contributed by atoms with Gasteiger partial charge in [0.05, 0.1) is 0 Å². The zero-order valence-corrected chi connectivity index (χ0v) is 32.0. The Morgan fingerprint density at radius 1 is 0.400 bits per heavy atom. The fraction of sp³-hybridized carbons (Fsp3) is 0.333. The van der Waals surface area contributed by atoms with Crippen molar-refractivity contribution in [1.29, 1.82) is 0 Å². The van der Waals surface area contributed by atoms with Crippen LogP contribution in [0.1, 0.15) is 96.3 Å². The summed E-state index contributed by atoms with van der Waals surface area (Å²) in [5.41, 5.74) is 9.31. The van der Waals surface area contributed by atoms with E-state index in [1.807, 2.05) is 0 Å². The molecule has 267 valence electrons. The van der Waals surface area contributed by atoms with Gasteiger partial charge in [-0.25, -0.2) is 0 Å². The minimum Gasteiger partial charge on any atom is -0.418 e. The molecule has 0 saturated carbocycles. The maximum Gasteiger partial charge on any atom is 0.673 e. The van der Waals surface area contributed by atoms with Crippen molar-refractivity contribution in [3.63, 3.8) is 0 Å². The van der Waals surface area contributed by atoms with Crippen molar-refractivity contribution in [3.05, 3.63) is 168 Å². The first-order chi connectivity index (χ1) is 23.9. The predicted octanol–water partition coefficient (Wildman–Crippen LogP) is 14.5. The van der Waals surface area contributed by atoms with Crippen LogP contribution in [0.2, 0.25) is 0 Å². The van der Waals surface area contributed by atoms with Gasteiger partial charge in [-0.1, -0.05) is 161 Å². The molecule has 4 aromatic rings. The van der Waals surface area contributed by atoms with Crippen molar-refractivity contribution >= 4 is 23.1 Å². The van der Waals surface area contributed by atoms with Gasteiger partial charge < -0.3 is 17.3 Å². The number of hydrogen-bond acceptors (Lipinski definition) is 0. The summed E-state index contributed by atoms with van der Waals surface area (Å²) in [7, 11) is -6.20. The van der Waals surface area contributed by atoms with Gasteiger partial charge in [0.25, 0.3) is 0 Å². The molecule has 0 spiro atoms. The molecule has 2 heterocycles. The summed E-state index contributed by atoms with van der Waals surface area (Å²) in [5, 5.41) is 0. The van der Waals surface area contributed by atoms with E-state index in [1.165, 1.54) is 63.7 Å². The summed E-state index contributed by atoms with van der Waals surface area (Å²) in [5.74, 6) is 0. The van der Waals surface area contributed by atoms with Gasteiger partial charge in [0.15, 0.2) is 0 Å². The van der Waals surface area contributed by atoms with Crippen LogP contribution in [0.25, 0.3) is 0 Å². The Morgan fingerprint density at radius 3 is 0.800 bits per heavy atom. The molecule has 0 aromatic heterocycles. The zero-order valence-electron chi connectivity index (χ0n) is 28.6. The maximum atomic E-state index is 9.75. The number of allylic oxidation sites excluding steroid dienone is 4. The molecule has 2 fully saturated rings. The van der Waals surface area contributed by atoms with Crippen molar-refractivity contribution in [3.8, 4) is 0 Å². The maximum absolute atomic E-state index is 9.75.